The molecule has 1 aliphatic heterocycles. The number of hydrogen-bond donors (Lipinski definition) is 2. The molecule has 208 valence electrons. The lowest BCUT2D eigenvalue weighted by molar-refractivity contribution is -0.384. The summed E-state index contributed by atoms with van der Waals surface area (Å²) >= 11 is 1.33. The number of aromatic nitrogens is 2. The third-order valence-corrected chi connectivity index (χ3v) is 7.03. The van der Waals surface area contributed by atoms with Crippen LogP contribution in [-0.2, 0) is 0 Å². The quantitative estimate of drug-likeness (QED) is 0.173. The number of non-ortho nitro benzene ring substituents is 1. The fourth-order valence-electron chi connectivity index (χ4n) is 4.28. The molecule has 2 N–H and O–H groups in total. The van der Waals surface area contributed by atoms with Gasteiger partial charge in [0.05, 0.1) is 29.3 Å². The van der Waals surface area contributed by atoms with E-state index in [4.69, 9.17) is 9.47 Å². The summed E-state index contributed by atoms with van der Waals surface area (Å²) in [7, 11) is 0. The molecule has 4 aromatic rings. The number of nitrogens with one attached hydrogen (secondary N) is 2. The van der Waals surface area contributed by atoms with E-state index in [0.29, 0.717) is 18.1 Å². The van der Waals surface area contributed by atoms with Crippen molar-refractivity contribution in [3.05, 3.63) is 86.7 Å². The number of rotatable bonds is 8. The fraction of sp³-hybridized carbons (Fsp3) is 0.231. The highest BCUT2D eigenvalue weighted by Crippen LogP contribution is 2.44. The number of carbonyl (C=O) groups is 1. The minimum absolute atomic E-state index is 0.00269. The van der Waals surface area contributed by atoms with E-state index in [1.54, 1.807) is 41.8 Å². The van der Waals surface area contributed by atoms with Crippen molar-refractivity contribution in [1.82, 2.24) is 9.78 Å². The number of hydrogen-bond acceptors (Lipinski definition) is 8. The summed E-state index contributed by atoms with van der Waals surface area (Å²) in [4.78, 5) is 24.6. The second kappa shape index (κ2) is 10.9. The normalized spacial score (nSPS) is 16.5. The zero-order valence-corrected chi connectivity index (χ0v) is 21.7. The van der Waals surface area contributed by atoms with Gasteiger partial charge < -0.3 is 20.1 Å². The number of amides is 1. The summed E-state index contributed by atoms with van der Waals surface area (Å²) in [6.07, 6.45) is -4.89. The van der Waals surface area contributed by atoms with Crippen molar-refractivity contribution < 1.29 is 32.4 Å². The lowest BCUT2D eigenvalue weighted by Gasteiger charge is -2.32. The van der Waals surface area contributed by atoms with Crippen molar-refractivity contribution in [2.24, 2.45) is 0 Å². The van der Waals surface area contributed by atoms with Crippen LogP contribution < -0.4 is 20.1 Å². The first kappa shape index (κ1) is 27.0. The number of nitrogens with zero attached hydrogens (tertiary/aromatic N) is 3. The summed E-state index contributed by atoms with van der Waals surface area (Å²) < 4.78 is 53.6. The van der Waals surface area contributed by atoms with E-state index >= 15 is 0 Å². The van der Waals surface area contributed by atoms with Gasteiger partial charge in [-0.15, -0.1) is 11.3 Å². The topological polar surface area (TPSA) is 121 Å². The number of nitro groups is 1. The number of thiophene rings is 1. The van der Waals surface area contributed by atoms with E-state index in [0.717, 1.165) is 15.6 Å². The van der Waals surface area contributed by atoms with Crippen LogP contribution in [0.2, 0.25) is 0 Å². The Labute approximate surface area is 229 Å². The molecule has 0 saturated heterocycles. The molecular formula is C26H22F3N5O5S. The Hall–Kier alpha value is -4.59. The summed E-state index contributed by atoms with van der Waals surface area (Å²) in [5.41, 5.74) is -0.646. The van der Waals surface area contributed by atoms with Gasteiger partial charge in [0.2, 0.25) is 0 Å². The van der Waals surface area contributed by atoms with Crippen molar-refractivity contribution in [3.8, 4) is 17.2 Å². The number of halogens is 3. The number of anilines is 2. The highest BCUT2D eigenvalue weighted by molar-refractivity contribution is 7.10. The van der Waals surface area contributed by atoms with E-state index in [-0.39, 0.29) is 35.1 Å². The SMILES string of the molecule is CCOc1ccc(Oc2cc(NC(=O)c3cc4n(n3)[C@@H](C(F)(F)F)C[C@@H](c3cccs3)N4)cc([N+](=O)[O-])c2)cc1. The number of nitro benzene ring substituents is 1. The molecule has 0 bridgehead atoms. The van der Waals surface area contributed by atoms with Crippen LogP contribution in [0, 0.1) is 10.1 Å². The first-order valence-corrected chi connectivity index (χ1v) is 13.0. The Morgan fingerprint density at radius 2 is 1.93 bits per heavy atom. The standard InChI is InChI=1S/C26H22F3N5O5S/c1-2-38-17-5-7-18(8-6-17)39-19-11-15(10-16(12-19)34(36)37)30-25(35)21-14-24-31-20(22-4-3-9-40-22)13-23(26(27,28)29)33(24)32-21/h3-12,14,20,23,31H,2,13H2,1H3,(H,30,35)/t20-,23+/m0/s1. The maximum Gasteiger partial charge on any atom is 0.410 e. The molecule has 1 aliphatic rings. The van der Waals surface area contributed by atoms with Crippen molar-refractivity contribution >= 4 is 34.4 Å². The predicted octanol–water partition coefficient (Wildman–Crippen LogP) is 6.96. The average molecular weight is 574 g/mol. The molecule has 1 amide bonds. The van der Waals surface area contributed by atoms with Crippen LogP contribution in [0.3, 0.4) is 0 Å². The van der Waals surface area contributed by atoms with Gasteiger partial charge in [-0.3, -0.25) is 14.9 Å². The Bertz CT molecular complexity index is 1520. The highest BCUT2D eigenvalue weighted by Gasteiger charge is 2.47. The fourth-order valence-corrected chi connectivity index (χ4v) is 5.07. The second-order valence-corrected chi connectivity index (χ2v) is 9.78. The molecule has 0 saturated carbocycles. The zero-order chi connectivity index (χ0) is 28.4. The van der Waals surface area contributed by atoms with Crippen LogP contribution in [0.15, 0.2) is 66.0 Å². The predicted molar refractivity (Wildman–Crippen MR) is 141 cm³/mol. The molecule has 14 heteroatoms. The van der Waals surface area contributed by atoms with Gasteiger partial charge >= 0.3 is 6.18 Å². The summed E-state index contributed by atoms with van der Waals surface area (Å²) in [6, 6.07) is 12.4. The first-order valence-electron chi connectivity index (χ1n) is 12.1. The molecule has 3 heterocycles. The van der Waals surface area contributed by atoms with Gasteiger partial charge in [-0.1, -0.05) is 6.07 Å². The lowest BCUT2D eigenvalue weighted by atomic mass is 10.0. The van der Waals surface area contributed by atoms with Crippen LogP contribution in [0.5, 0.6) is 17.2 Å². The number of ether oxygens (including phenoxy) is 2. The van der Waals surface area contributed by atoms with Crippen LogP contribution >= 0.6 is 11.3 Å². The minimum atomic E-state index is -4.60. The molecule has 2 aromatic carbocycles. The summed E-state index contributed by atoms with van der Waals surface area (Å²) in [6.45, 7) is 2.32. The highest BCUT2D eigenvalue weighted by atomic mass is 32.1. The molecular weight excluding hydrogens is 551 g/mol. The van der Waals surface area contributed by atoms with Gasteiger partial charge in [-0.25, -0.2) is 4.68 Å². The van der Waals surface area contributed by atoms with Gasteiger partial charge in [-0.2, -0.15) is 18.3 Å². The van der Waals surface area contributed by atoms with Gasteiger partial charge in [0.25, 0.3) is 11.6 Å². The first-order chi connectivity index (χ1) is 19.1. The Morgan fingerprint density at radius 1 is 1.18 bits per heavy atom. The molecule has 0 radical (unpaired) electrons. The van der Waals surface area contributed by atoms with E-state index in [1.807, 2.05) is 6.92 Å². The number of benzene rings is 2. The Balaban J connectivity index is 1.39. The molecule has 40 heavy (non-hydrogen) atoms. The maximum absolute atomic E-state index is 13.9. The van der Waals surface area contributed by atoms with E-state index in [9.17, 15) is 28.1 Å². The van der Waals surface area contributed by atoms with Gasteiger partial charge in [0.1, 0.15) is 23.1 Å². The van der Waals surface area contributed by atoms with Crippen LogP contribution in [0.25, 0.3) is 0 Å². The maximum atomic E-state index is 13.9. The molecule has 10 nitrogen and oxygen atoms in total. The van der Waals surface area contributed by atoms with Crippen molar-refractivity contribution in [2.75, 3.05) is 17.2 Å². The summed E-state index contributed by atoms with van der Waals surface area (Å²) in [5.74, 6) is 0.247. The van der Waals surface area contributed by atoms with Crippen LogP contribution in [0.4, 0.5) is 30.4 Å². The largest absolute Gasteiger partial charge is 0.494 e. The molecule has 0 fully saturated rings. The third-order valence-electron chi connectivity index (χ3n) is 6.04. The van der Waals surface area contributed by atoms with E-state index in [1.165, 1.54) is 29.5 Å². The van der Waals surface area contributed by atoms with Crippen molar-refractivity contribution in [1.29, 1.82) is 0 Å². The molecule has 0 spiro atoms. The zero-order valence-electron chi connectivity index (χ0n) is 20.8. The third kappa shape index (κ3) is 5.86. The van der Waals surface area contributed by atoms with Crippen molar-refractivity contribution in [3.63, 3.8) is 0 Å². The molecule has 5 rings (SSSR count). The molecule has 0 unspecified atom stereocenters. The summed E-state index contributed by atoms with van der Waals surface area (Å²) in [5, 5.41) is 22.7. The Morgan fingerprint density at radius 3 is 2.58 bits per heavy atom. The monoisotopic (exact) mass is 573 g/mol. The number of carbonyl (C=O) groups excluding carboxylic acids is 1. The van der Waals surface area contributed by atoms with Gasteiger partial charge in [0.15, 0.2) is 11.7 Å². The van der Waals surface area contributed by atoms with E-state index in [2.05, 4.69) is 15.7 Å². The van der Waals surface area contributed by atoms with Gasteiger partial charge in [0, 0.05) is 29.5 Å². The molecule has 2 atom stereocenters. The lowest BCUT2D eigenvalue weighted by Crippen LogP contribution is -2.35. The minimum Gasteiger partial charge on any atom is -0.494 e. The van der Waals surface area contributed by atoms with E-state index < -0.39 is 29.1 Å². The smallest absolute Gasteiger partial charge is 0.410 e. The number of alkyl halides is 3. The Kier molecular flexibility index (Phi) is 7.34. The van der Waals surface area contributed by atoms with Crippen LogP contribution in [-0.4, -0.2) is 33.4 Å². The van der Waals surface area contributed by atoms with Gasteiger partial charge in [-0.05, 0) is 42.6 Å². The molecule has 2 aromatic heterocycles. The second-order valence-electron chi connectivity index (χ2n) is 8.80. The number of fused-ring (bicyclic) bond motifs is 1. The van der Waals surface area contributed by atoms with Crippen molar-refractivity contribution in [2.45, 2.75) is 31.6 Å². The molecule has 0 aliphatic carbocycles. The average Bonchev–Trinajstić information content (AvgIpc) is 3.59. The van der Waals surface area contributed by atoms with Crippen LogP contribution in [0.1, 0.15) is 40.8 Å².